The van der Waals surface area contributed by atoms with Gasteiger partial charge >= 0.3 is 0 Å². The van der Waals surface area contributed by atoms with Crippen LogP contribution in [0.3, 0.4) is 0 Å². The van der Waals surface area contributed by atoms with Crippen LogP contribution in [0.4, 0.5) is 5.95 Å². The number of nitrogens with zero attached hydrogens (tertiary/aromatic N) is 5. The van der Waals surface area contributed by atoms with Crippen LogP contribution in [0.25, 0.3) is 0 Å². The van der Waals surface area contributed by atoms with Crippen LogP contribution in [0.5, 0.6) is 0 Å². The minimum Gasteiger partial charge on any atom is -0.447 e. The molecular weight excluding hydrogens is 348 g/mol. The molecule has 2 aromatic rings. The third kappa shape index (κ3) is 4.61. The van der Waals surface area contributed by atoms with Crippen LogP contribution in [0.2, 0.25) is 0 Å². The summed E-state index contributed by atoms with van der Waals surface area (Å²) in [5.74, 6) is 1.10. The van der Waals surface area contributed by atoms with Crippen molar-refractivity contribution in [2.24, 2.45) is 0 Å². The Balaban J connectivity index is 1.24. The lowest BCUT2D eigenvalue weighted by atomic mass is 10.2. The smallest absolute Gasteiger partial charge is 0.273 e. The van der Waals surface area contributed by atoms with E-state index in [9.17, 15) is 4.79 Å². The molecule has 1 amide bonds. The third-order valence-electron chi connectivity index (χ3n) is 4.86. The molecule has 0 radical (unpaired) electrons. The van der Waals surface area contributed by atoms with Crippen LogP contribution in [-0.2, 0) is 11.3 Å². The molecule has 4 rings (SSSR count). The quantitative estimate of drug-likeness (QED) is 0.791. The van der Waals surface area contributed by atoms with E-state index in [1.807, 2.05) is 6.07 Å². The van der Waals surface area contributed by atoms with Crippen molar-refractivity contribution in [2.45, 2.75) is 25.5 Å². The van der Waals surface area contributed by atoms with Gasteiger partial charge in [0.15, 0.2) is 5.69 Å². The fraction of sp³-hybridized carbons (Fsp3) is 0.556. The summed E-state index contributed by atoms with van der Waals surface area (Å²) in [6.07, 6.45) is 7.10. The highest BCUT2D eigenvalue weighted by Gasteiger charge is 2.22. The van der Waals surface area contributed by atoms with Gasteiger partial charge in [0.25, 0.3) is 5.91 Å². The molecule has 9 nitrogen and oxygen atoms in total. The van der Waals surface area contributed by atoms with Gasteiger partial charge in [-0.15, -0.1) is 0 Å². The molecule has 4 heterocycles. The Morgan fingerprint density at radius 3 is 2.78 bits per heavy atom. The molecule has 0 aromatic carbocycles. The zero-order valence-corrected chi connectivity index (χ0v) is 15.2. The van der Waals surface area contributed by atoms with Crippen LogP contribution in [0, 0.1) is 0 Å². The summed E-state index contributed by atoms with van der Waals surface area (Å²) in [6.45, 7) is 5.30. The predicted molar refractivity (Wildman–Crippen MR) is 97.3 cm³/mol. The van der Waals surface area contributed by atoms with Gasteiger partial charge in [0, 0.05) is 51.7 Å². The van der Waals surface area contributed by atoms with E-state index in [0.29, 0.717) is 24.7 Å². The lowest BCUT2D eigenvalue weighted by molar-refractivity contribution is 0.0853. The number of carbonyl (C=O) groups is 1. The number of amides is 1. The summed E-state index contributed by atoms with van der Waals surface area (Å²) in [4.78, 5) is 29.5. The molecule has 0 spiro atoms. The lowest BCUT2D eigenvalue weighted by Crippen LogP contribution is -2.46. The van der Waals surface area contributed by atoms with Crippen molar-refractivity contribution < 1.29 is 13.9 Å². The number of nitrogens with one attached hydrogen (secondary N) is 1. The zero-order chi connectivity index (χ0) is 18.5. The van der Waals surface area contributed by atoms with Crippen molar-refractivity contribution in [3.8, 4) is 0 Å². The van der Waals surface area contributed by atoms with E-state index in [2.05, 4.69) is 30.1 Å². The zero-order valence-electron chi connectivity index (χ0n) is 15.2. The van der Waals surface area contributed by atoms with Crippen molar-refractivity contribution in [2.75, 3.05) is 44.2 Å². The molecule has 0 saturated carbocycles. The van der Waals surface area contributed by atoms with Gasteiger partial charge in [-0.1, -0.05) is 0 Å². The second-order valence-corrected chi connectivity index (χ2v) is 6.78. The number of aromatic nitrogens is 3. The van der Waals surface area contributed by atoms with Gasteiger partial charge in [0.05, 0.1) is 12.6 Å². The first kappa shape index (κ1) is 17.9. The second kappa shape index (κ2) is 8.45. The Morgan fingerprint density at radius 1 is 1.22 bits per heavy atom. The Bertz CT molecular complexity index is 739. The number of hydrogen-bond acceptors (Lipinski definition) is 8. The van der Waals surface area contributed by atoms with E-state index in [4.69, 9.17) is 9.15 Å². The minimum absolute atomic E-state index is 0.116. The molecule has 2 aromatic heterocycles. The maximum atomic E-state index is 12.2. The van der Waals surface area contributed by atoms with Crippen molar-refractivity contribution in [3.05, 3.63) is 36.3 Å². The van der Waals surface area contributed by atoms with Gasteiger partial charge < -0.3 is 19.4 Å². The molecule has 0 unspecified atom stereocenters. The highest BCUT2D eigenvalue weighted by atomic mass is 16.5. The largest absolute Gasteiger partial charge is 0.447 e. The standard InChI is InChI=1S/C18H24N6O3/c25-17(21-11-14-3-1-10-26-14)15-13-27-16(22-15)12-23-6-8-24(9-7-23)18-19-4-2-5-20-18/h2,4-5,13-14H,1,3,6-12H2,(H,21,25)/t14-/m1/s1. The number of piperazine rings is 1. The van der Waals surface area contributed by atoms with Crippen LogP contribution in [0.15, 0.2) is 29.1 Å². The van der Waals surface area contributed by atoms with Gasteiger partial charge in [-0.25, -0.2) is 15.0 Å². The van der Waals surface area contributed by atoms with Crippen molar-refractivity contribution >= 4 is 11.9 Å². The lowest BCUT2D eigenvalue weighted by Gasteiger charge is -2.33. The van der Waals surface area contributed by atoms with Crippen molar-refractivity contribution in [1.82, 2.24) is 25.2 Å². The van der Waals surface area contributed by atoms with Crippen LogP contribution in [0.1, 0.15) is 29.2 Å². The summed E-state index contributed by atoms with van der Waals surface area (Å²) in [6, 6.07) is 1.82. The molecule has 1 atom stereocenters. The van der Waals surface area contributed by atoms with Crippen LogP contribution in [-0.4, -0.2) is 71.2 Å². The molecule has 9 heteroatoms. The van der Waals surface area contributed by atoms with E-state index < -0.39 is 0 Å². The molecule has 1 N–H and O–H groups in total. The molecule has 144 valence electrons. The first-order valence-electron chi connectivity index (χ1n) is 9.36. The number of ether oxygens (including phenoxy) is 1. The minimum atomic E-state index is -0.216. The van der Waals surface area contributed by atoms with Crippen molar-refractivity contribution in [1.29, 1.82) is 0 Å². The SMILES string of the molecule is O=C(NC[C@H]1CCCO1)c1coc(CN2CCN(c3ncccn3)CC2)n1. The molecule has 2 aliphatic heterocycles. The summed E-state index contributed by atoms with van der Waals surface area (Å²) < 4.78 is 11.0. The Labute approximate surface area is 157 Å². The summed E-state index contributed by atoms with van der Waals surface area (Å²) in [5, 5.41) is 2.86. The molecule has 27 heavy (non-hydrogen) atoms. The highest BCUT2D eigenvalue weighted by Crippen LogP contribution is 2.13. The Hall–Kier alpha value is -2.52. The molecular formula is C18H24N6O3. The van der Waals surface area contributed by atoms with E-state index in [-0.39, 0.29) is 12.0 Å². The fourth-order valence-corrected chi connectivity index (χ4v) is 3.34. The van der Waals surface area contributed by atoms with E-state index in [1.54, 1.807) is 12.4 Å². The van der Waals surface area contributed by atoms with Gasteiger partial charge in [0.2, 0.25) is 11.8 Å². The summed E-state index contributed by atoms with van der Waals surface area (Å²) in [5.41, 5.74) is 0.319. The van der Waals surface area contributed by atoms with Gasteiger partial charge in [-0.05, 0) is 18.9 Å². The number of rotatable bonds is 6. The number of hydrogen-bond donors (Lipinski definition) is 1. The first-order valence-corrected chi connectivity index (χ1v) is 9.36. The van der Waals surface area contributed by atoms with Crippen LogP contribution < -0.4 is 10.2 Å². The molecule has 2 fully saturated rings. The molecule has 2 aliphatic rings. The van der Waals surface area contributed by atoms with E-state index >= 15 is 0 Å². The molecule has 0 bridgehead atoms. The van der Waals surface area contributed by atoms with Crippen molar-refractivity contribution in [3.63, 3.8) is 0 Å². The number of oxazole rings is 1. The van der Waals surface area contributed by atoms with Gasteiger partial charge in [0.1, 0.15) is 6.26 Å². The van der Waals surface area contributed by atoms with Gasteiger partial charge in [-0.3, -0.25) is 9.69 Å². The van der Waals surface area contributed by atoms with Crippen LogP contribution >= 0.6 is 0 Å². The summed E-state index contributed by atoms with van der Waals surface area (Å²) in [7, 11) is 0. The Kier molecular flexibility index (Phi) is 5.59. The first-order chi connectivity index (χ1) is 13.3. The highest BCUT2D eigenvalue weighted by molar-refractivity contribution is 5.91. The maximum absolute atomic E-state index is 12.2. The topological polar surface area (TPSA) is 96.6 Å². The van der Waals surface area contributed by atoms with E-state index in [1.165, 1.54) is 6.26 Å². The average molecular weight is 372 g/mol. The maximum Gasteiger partial charge on any atom is 0.273 e. The molecule has 0 aliphatic carbocycles. The van der Waals surface area contributed by atoms with E-state index in [0.717, 1.165) is 51.6 Å². The normalized spacial score (nSPS) is 20.7. The second-order valence-electron chi connectivity index (χ2n) is 6.78. The predicted octanol–water partition coefficient (Wildman–Crippen LogP) is 0.696. The number of carbonyl (C=O) groups excluding carboxylic acids is 1. The number of anilines is 1. The average Bonchev–Trinajstić information content (AvgIpc) is 3.40. The molecule has 2 saturated heterocycles. The fourth-order valence-electron chi connectivity index (χ4n) is 3.34. The Morgan fingerprint density at radius 2 is 2.04 bits per heavy atom. The summed E-state index contributed by atoms with van der Waals surface area (Å²) >= 11 is 0. The van der Waals surface area contributed by atoms with Gasteiger partial charge in [-0.2, -0.15) is 0 Å². The third-order valence-corrected chi connectivity index (χ3v) is 4.86. The monoisotopic (exact) mass is 372 g/mol.